The first-order valence-electron chi connectivity index (χ1n) is 7.14. The first kappa shape index (κ1) is 14.6. The molecule has 0 saturated carbocycles. The van der Waals surface area contributed by atoms with Crippen molar-refractivity contribution in [2.45, 2.75) is 33.2 Å². The lowest BCUT2D eigenvalue weighted by molar-refractivity contribution is 0.475. The van der Waals surface area contributed by atoms with E-state index in [1.807, 2.05) is 12.1 Å². The molecule has 2 nitrogen and oxygen atoms in total. The van der Waals surface area contributed by atoms with Crippen LogP contribution in [-0.4, -0.2) is 11.7 Å². The molecule has 2 heteroatoms. The van der Waals surface area contributed by atoms with Crippen LogP contribution >= 0.6 is 0 Å². The number of phenols is 1. The second kappa shape index (κ2) is 6.58. The lowest BCUT2D eigenvalue weighted by Crippen LogP contribution is -2.22. The maximum Gasteiger partial charge on any atom is 0.115 e. The molecule has 1 atom stereocenters. The Morgan fingerprint density at radius 1 is 1.05 bits per heavy atom. The number of aromatic hydroxyl groups is 1. The van der Waals surface area contributed by atoms with E-state index < -0.39 is 0 Å². The van der Waals surface area contributed by atoms with Crippen LogP contribution in [0.4, 0.5) is 0 Å². The summed E-state index contributed by atoms with van der Waals surface area (Å²) in [5, 5.41) is 12.8. The molecule has 2 aromatic carbocycles. The highest BCUT2D eigenvalue weighted by molar-refractivity contribution is 5.32. The highest BCUT2D eigenvalue weighted by Crippen LogP contribution is 2.18. The Labute approximate surface area is 121 Å². The number of rotatable bonds is 5. The molecule has 2 rings (SSSR count). The van der Waals surface area contributed by atoms with Crippen LogP contribution in [-0.2, 0) is 6.42 Å². The van der Waals surface area contributed by atoms with E-state index >= 15 is 0 Å². The first-order chi connectivity index (χ1) is 9.56. The molecule has 0 heterocycles. The van der Waals surface area contributed by atoms with Gasteiger partial charge in [0.15, 0.2) is 0 Å². The van der Waals surface area contributed by atoms with Crippen LogP contribution in [0.1, 0.15) is 35.2 Å². The van der Waals surface area contributed by atoms with Crippen LogP contribution in [0.15, 0.2) is 42.5 Å². The Hall–Kier alpha value is -1.80. The Morgan fingerprint density at radius 3 is 2.40 bits per heavy atom. The summed E-state index contributed by atoms with van der Waals surface area (Å²) in [5.74, 6) is 0.324. The van der Waals surface area contributed by atoms with E-state index in [0.717, 1.165) is 13.0 Å². The van der Waals surface area contributed by atoms with Gasteiger partial charge in [0, 0.05) is 6.04 Å². The van der Waals surface area contributed by atoms with Crippen LogP contribution in [0.2, 0.25) is 0 Å². The molecule has 2 N–H and O–H groups in total. The van der Waals surface area contributed by atoms with Gasteiger partial charge in [-0.05, 0) is 62.6 Å². The van der Waals surface area contributed by atoms with Gasteiger partial charge in [0.1, 0.15) is 5.75 Å². The van der Waals surface area contributed by atoms with E-state index in [9.17, 15) is 5.11 Å². The number of aryl methyl sites for hydroxylation is 2. The van der Waals surface area contributed by atoms with Crippen molar-refractivity contribution >= 4 is 0 Å². The van der Waals surface area contributed by atoms with Gasteiger partial charge in [-0.2, -0.15) is 0 Å². The van der Waals surface area contributed by atoms with E-state index in [-0.39, 0.29) is 0 Å². The van der Waals surface area contributed by atoms with E-state index in [1.54, 1.807) is 12.1 Å². The number of hydrogen-bond donors (Lipinski definition) is 2. The third-order valence-corrected chi connectivity index (χ3v) is 3.69. The summed E-state index contributed by atoms with van der Waals surface area (Å²) in [4.78, 5) is 0. The van der Waals surface area contributed by atoms with Crippen LogP contribution in [0, 0.1) is 13.8 Å². The van der Waals surface area contributed by atoms with Crippen molar-refractivity contribution in [2.75, 3.05) is 6.54 Å². The normalized spacial score (nSPS) is 12.3. The summed E-state index contributed by atoms with van der Waals surface area (Å²) >= 11 is 0. The summed E-state index contributed by atoms with van der Waals surface area (Å²) < 4.78 is 0. The van der Waals surface area contributed by atoms with E-state index in [1.165, 1.54) is 22.3 Å². The number of phenolic OH excluding ortho intramolecular Hbond substituents is 1. The Kier molecular flexibility index (Phi) is 4.80. The van der Waals surface area contributed by atoms with Gasteiger partial charge in [-0.15, -0.1) is 0 Å². The van der Waals surface area contributed by atoms with Crippen LogP contribution in [0.25, 0.3) is 0 Å². The fourth-order valence-electron chi connectivity index (χ4n) is 2.52. The van der Waals surface area contributed by atoms with Crippen LogP contribution in [0.5, 0.6) is 5.75 Å². The Bertz CT molecular complexity index is 560. The van der Waals surface area contributed by atoms with Gasteiger partial charge >= 0.3 is 0 Å². The first-order valence-corrected chi connectivity index (χ1v) is 7.14. The zero-order valence-electron chi connectivity index (χ0n) is 12.5. The molecule has 0 bridgehead atoms. The smallest absolute Gasteiger partial charge is 0.115 e. The number of benzene rings is 2. The Morgan fingerprint density at radius 2 is 1.75 bits per heavy atom. The number of hydrogen-bond acceptors (Lipinski definition) is 2. The lowest BCUT2D eigenvalue weighted by atomic mass is 10.00. The minimum atomic E-state index is 0.324. The SMILES string of the molecule is Cc1ccc(C(C)NCCc2ccc(O)cc2)c(C)c1. The van der Waals surface area contributed by atoms with Crippen LogP contribution in [0.3, 0.4) is 0 Å². The summed E-state index contributed by atoms with van der Waals surface area (Å²) in [5.41, 5.74) is 5.25. The predicted octanol–water partition coefficient (Wildman–Crippen LogP) is 3.90. The molecule has 0 aliphatic rings. The van der Waals surface area contributed by atoms with Crippen molar-refractivity contribution in [2.24, 2.45) is 0 Å². The van der Waals surface area contributed by atoms with Gasteiger partial charge in [-0.25, -0.2) is 0 Å². The van der Waals surface area contributed by atoms with Gasteiger partial charge in [0.05, 0.1) is 0 Å². The molecular weight excluding hydrogens is 246 g/mol. The van der Waals surface area contributed by atoms with Crippen molar-refractivity contribution in [3.05, 3.63) is 64.7 Å². The van der Waals surface area contributed by atoms with Crippen molar-refractivity contribution in [3.8, 4) is 5.75 Å². The zero-order valence-corrected chi connectivity index (χ0v) is 12.5. The molecule has 0 aliphatic heterocycles. The fraction of sp³-hybridized carbons (Fsp3) is 0.333. The fourth-order valence-corrected chi connectivity index (χ4v) is 2.52. The van der Waals surface area contributed by atoms with Crippen molar-refractivity contribution in [1.82, 2.24) is 5.32 Å². The zero-order chi connectivity index (χ0) is 14.5. The van der Waals surface area contributed by atoms with Crippen molar-refractivity contribution in [1.29, 1.82) is 0 Å². The highest BCUT2D eigenvalue weighted by Gasteiger charge is 2.07. The molecule has 0 fully saturated rings. The van der Waals surface area contributed by atoms with Crippen molar-refractivity contribution in [3.63, 3.8) is 0 Å². The van der Waals surface area contributed by atoms with Crippen LogP contribution < -0.4 is 5.32 Å². The minimum absolute atomic E-state index is 0.324. The molecule has 2 aromatic rings. The maximum absolute atomic E-state index is 9.26. The van der Waals surface area contributed by atoms with E-state index in [4.69, 9.17) is 0 Å². The van der Waals surface area contributed by atoms with Gasteiger partial charge < -0.3 is 10.4 Å². The van der Waals surface area contributed by atoms with E-state index in [0.29, 0.717) is 11.8 Å². The molecular formula is C18H23NO. The summed E-state index contributed by atoms with van der Waals surface area (Å²) in [6.45, 7) is 7.42. The molecule has 106 valence electrons. The molecule has 1 unspecified atom stereocenters. The molecule has 0 amide bonds. The van der Waals surface area contributed by atoms with Gasteiger partial charge in [-0.1, -0.05) is 35.9 Å². The van der Waals surface area contributed by atoms with Gasteiger partial charge in [-0.3, -0.25) is 0 Å². The lowest BCUT2D eigenvalue weighted by Gasteiger charge is -2.17. The summed E-state index contributed by atoms with van der Waals surface area (Å²) in [7, 11) is 0. The van der Waals surface area contributed by atoms with Gasteiger partial charge in [0.25, 0.3) is 0 Å². The quantitative estimate of drug-likeness (QED) is 0.862. The summed E-state index contributed by atoms with van der Waals surface area (Å²) in [6.07, 6.45) is 0.968. The molecule has 0 aliphatic carbocycles. The molecule has 0 radical (unpaired) electrons. The van der Waals surface area contributed by atoms with E-state index in [2.05, 4.69) is 44.3 Å². The topological polar surface area (TPSA) is 32.3 Å². The maximum atomic E-state index is 9.26. The third kappa shape index (κ3) is 3.84. The second-order valence-electron chi connectivity index (χ2n) is 5.45. The largest absolute Gasteiger partial charge is 0.508 e. The average Bonchev–Trinajstić information content (AvgIpc) is 2.41. The van der Waals surface area contributed by atoms with Gasteiger partial charge in [0.2, 0.25) is 0 Å². The Balaban J connectivity index is 1.88. The van der Waals surface area contributed by atoms with Crippen molar-refractivity contribution < 1.29 is 5.11 Å². The molecule has 0 spiro atoms. The molecule has 0 aromatic heterocycles. The number of nitrogens with one attached hydrogen (secondary N) is 1. The molecule has 0 saturated heterocycles. The highest BCUT2D eigenvalue weighted by atomic mass is 16.3. The minimum Gasteiger partial charge on any atom is -0.508 e. The molecule has 20 heavy (non-hydrogen) atoms. The monoisotopic (exact) mass is 269 g/mol. The standard InChI is InChI=1S/C18H23NO/c1-13-4-9-18(14(2)12-13)15(3)19-11-10-16-5-7-17(20)8-6-16/h4-9,12,15,19-20H,10-11H2,1-3H3. The average molecular weight is 269 g/mol. The third-order valence-electron chi connectivity index (χ3n) is 3.69. The summed E-state index contributed by atoms with van der Waals surface area (Å²) in [6, 6.07) is 14.4. The second-order valence-corrected chi connectivity index (χ2v) is 5.45. The predicted molar refractivity (Wildman–Crippen MR) is 84.1 cm³/mol.